The molecule has 0 radical (unpaired) electrons. The number of hydrogen-bond donors (Lipinski definition) is 3. The maximum Gasteiger partial charge on any atom is 0.414 e. The third kappa shape index (κ3) is 6.35. The quantitative estimate of drug-likeness (QED) is 0.510. The smallest absolute Gasteiger partial charge is 0.414 e. The lowest BCUT2D eigenvalue weighted by molar-refractivity contribution is -0.159. The molecule has 0 saturated heterocycles. The summed E-state index contributed by atoms with van der Waals surface area (Å²) in [7, 11) is 2.02. The molecule has 0 amide bonds. The number of carbonyl (C=O) groups is 2. The van der Waals surface area contributed by atoms with Gasteiger partial charge in [-0.3, -0.25) is 0 Å². The molecule has 30 heavy (non-hydrogen) atoms. The summed E-state index contributed by atoms with van der Waals surface area (Å²) in [5, 5.41) is 18.9. The van der Waals surface area contributed by atoms with E-state index in [2.05, 4.69) is 53.0 Å². The van der Waals surface area contributed by atoms with Crippen LogP contribution in [0, 0.1) is 0 Å². The Balaban J connectivity index is 0.000000469. The third-order valence-electron chi connectivity index (χ3n) is 4.41. The molecule has 0 saturated carbocycles. The van der Waals surface area contributed by atoms with Gasteiger partial charge in [-0.05, 0) is 34.7 Å². The van der Waals surface area contributed by atoms with Gasteiger partial charge in [0.25, 0.3) is 0 Å². The highest BCUT2D eigenvalue weighted by Crippen LogP contribution is 2.24. The number of aliphatic carboxylic acids is 2. The highest BCUT2D eigenvalue weighted by molar-refractivity contribution is 6.30. The summed E-state index contributed by atoms with van der Waals surface area (Å²) in [5.41, 5.74) is 4.77. The van der Waals surface area contributed by atoms with Gasteiger partial charge in [-0.2, -0.15) is 0 Å². The second-order valence-corrected chi connectivity index (χ2v) is 7.33. The maximum atomic E-state index is 9.10. The molecule has 158 valence electrons. The molecule has 0 fully saturated rings. The molecule has 3 aromatic rings. The SMILES string of the molecule is CC(C)c1ccc(CNc2ncc(-c3ccc(Cl)cc3)n2C)cc1.O=C(O)C(=O)O. The van der Waals surface area contributed by atoms with Crippen molar-refractivity contribution in [2.24, 2.45) is 7.05 Å². The van der Waals surface area contributed by atoms with Gasteiger partial charge in [0.05, 0.1) is 11.9 Å². The Morgan fingerprint density at radius 2 is 1.60 bits per heavy atom. The van der Waals surface area contributed by atoms with Gasteiger partial charge in [-0.25, -0.2) is 14.6 Å². The Bertz CT molecular complexity index is 984. The topological polar surface area (TPSA) is 104 Å². The molecule has 7 nitrogen and oxygen atoms in total. The molecule has 8 heteroatoms. The van der Waals surface area contributed by atoms with Crippen LogP contribution in [0.3, 0.4) is 0 Å². The van der Waals surface area contributed by atoms with Crippen molar-refractivity contribution in [3.8, 4) is 11.3 Å². The first kappa shape index (κ1) is 23.0. The number of carboxylic acid groups (broad SMARTS) is 2. The second-order valence-electron chi connectivity index (χ2n) is 6.89. The van der Waals surface area contributed by atoms with E-state index in [1.807, 2.05) is 37.5 Å². The van der Waals surface area contributed by atoms with Crippen LogP contribution in [0.1, 0.15) is 30.9 Å². The summed E-state index contributed by atoms with van der Waals surface area (Å²) in [6.45, 7) is 5.17. The van der Waals surface area contributed by atoms with Crippen molar-refractivity contribution < 1.29 is 19.8 Å². The number of benzene rings is 2. The first-order valence-corrected chi connectivity index (χ1v) is 9.63. The fraction of sp³-hybridized carbons (Fsp3) is 0.227. The highest BCUT2D eigenvalue weighted by Gasteiger charge is 2.08. The Kier molecular flexibility index (Phi) is 8.00. The van der Waals surface area contributed by atoms with Crippen molar-refractivity contribution in [2.45, 2.75) is 26.3 Å². The van der Waals surface area contributed by atoms with Gasteiger partial charge in [-0.1, -0.05) is 61.8 Å². The van der Waals surface area contributed by atoms with Gasteiger partial charge in [0.1, 0.15) is 0 Å². The molecule has 0 aliphatic rings. The first-order valence-electron chi connectivity index (χ1n) is 9.25. The molecule has 0 bridgehead atoms. The number of anilines is 1. The van der Waals surface area contributed by atoms with E-state index < -0.39 is 11.9 Å². The van der Waals surface area contributed by atoms with Gasteiger partial charge < -0.3 is 20.1 Å². The van der Waals surface area contributed by atoms with Crippen molar-refractivity contribution >= 4 is 29.5 Å². The number of halogens is 1. The fourth-order valence-corrected chi connectivity index (χ4v) is 2.79. The molecule has 2 aromatic carbocycles. The number of hydrogen-bond acceptors (Lipinski definition) is 4. The average molecular weight is 430 g/mol. The summed E-state index contributed by atoms with van der Waals surface area (Å²) in [6.07, 6.45) is 1.88. The fourth-order valence-electron chi connectivity index (χ4n) is 2.66. The van der Waals surface area contributed by atoms with Crippen LogP contribution in [-0.4, -0.2) is 31.7 Å². The van der Waals surface area contributed by atoms with Crippen molar-refractivity contribution in [3.05, 3.63) is 70.9 Å². The Hall–Kier alpha value is -3.32. The number of rotatable bonds is 5. The second kappa shape index (κ2) is 10.5. The lowest BCUT2D eigenvalue weighted by atomic mass is 10.0. The molecule has 0 unspecified atom stereocenters. The Labute approximate surface area is 180 Å². The largest absolute Gasteiger partial charge is 0.473 e. The minimum absolute atomic E-state index is 0.559. The number of nitrogens with zero attached hydrogens (tertiary/aromatic N) is 2. The molecule has 0 aliphatic carbocycles. The standard InChI is InChI=1S/C20H22ClN3.C2H2O4/c1-14(2)16-6-4-15(5-7-16)12-22-20-23-13-19(24(20)3)17-8-10-18(21)11-9-17;3-1(4)2(5)6/h4-11,13-14H,12H2,1-3H3,(H,22,23);(H,3,4)(H,5,6). The zero-order chi connectivity index (χ0) is 22.3. The summed E-state index contributed by atoms with van der Waals surface area (Å²) in [5.74, 6) is -2.23. The van der Waals surface area contributed by atoms with E-state index in [1.54, 1.807) is 0 Å². The molecule has 0 atom stereocenters. The third-order valence-corrected chi connectivity index (χ3v) is 4.66. The van der Waals surface area contributed by atoms with Crippen LogP contribution in [-0.2, 0) is 23.2 Å². The van der Waals surface area contributed by atoms with Crippen LogP contribution in [0.4, 0.5) is 5.95 Å². The maximum absolute atomic E-state index is 9.10. The number of aromatic nitrogens is 2. The Morgan fingerprint density at radius 3 is 2.10 bits per heavy atom. The van der Waals surface area contributed by atoms with Gasteiger partial charge in [-0.15, -0.1) is 0 Å². The predicted octanol–water partition coefficient (Wildman–Crippen LogP) is 4.63. The van der Waals surface area contributed by atoms with Crippen LogP contribution >= 0.6 is 11.6 Å². The van der Waals surface area contributed by atoms with E-state index in [-0.39, 0.29) is 0 Å². The average Bonchev–Trinajstić information content (AvgIpc) is 3.08. The monoisotopic (exact) mass is 429 g/mol. The van der Waals surface area contributed by atoms with Crippen LogP contribution in [0.2, 0.25) is 5.02 Å². The zero-order valence-electron chi connectivity index (χ0n) is 17.0. The summed E-state index contributed by atoms with van der Waals surface area (Å²) in [4.78, 5) is 22.7. The van der Waals surface area contributed by atoms with Crippen molar-refractivity contribution in [2.75, 3.05) is 5.32 Å². The predicted molar refractivity (Wildman–Crippen MR) is 117 cm³/mol. The van der Waals surface area contributed by atoms with Crippen molar-refractivity contribution in [3.63, 3.8) is 0 Å². The molecule has 0 spiro atoms. The molecular weight excluding hydrogens is 406 g/mol. The number of imidazole rings is 1. The van der Waals surface area contributed by atoms with E-state index in [4.69, 9.17) is 31.4 Å². The highest BCUT2D eigenvalue weighted by atomic mass is 35.5. The van der Waals surface area contributed by atoms with E-state index in [1.165, 1.54) is 11.1 Å². The van der Waals surface area contributed by atoms with Gasteiger partial charge in [0.2, 0.25) is 5.95 Å². The minimum atomic E-state index is -1.82. The van der Waals surface area contributed by atoms with Crippen LogP contribution in [0.5, 0.6) is 0 Å². The summed E-state index contributed by atoms with van der Waals surface area (Å²) in [6, 6.07) is 16.5. The van der Waals surface area contributed by atoms with Crippen LogP contribution in [0.15, 0.2) is 54.7 Å². The molecule has 1 heterocycles. The molecular formula is C22H24ClN3O4. The first-order chi connectivity index (χ1) is 14.2. The number of nitrogens with one attached hydrogen (secondary N) is 1. The lowest BCUT2D eigenvalue weighted by Crippen LogP contribution is -2.09. The minimum Gasteiger partial charge on any atom is -0.473 e. The molecule has 3 N–H and O–H groups in total. The van der Waals surface area contributed by atoms with Crippen LogP contribution < -0.4 is 5.32 Å². The van der Waals surface area contributed by atoms with E-state index in [0.717, 1.165) is 28.8 Å². The van der Waals surface area contributed by atoms with Crippen molar-refractivity contribution in [1.29, 1.82) is 0 Å². The zero-order valence-corrected chi connectivity index (χ0v) is 17.7. The number of carboxylic acids is 2. The van der Waals surface area contributed by atoms with E-state index in [9.17, 15) is 0 Å². The molecule has 0 aliphatic heterocycles. The van der Waals surface area contributed by atoms with Crippen LogP contribution in [0.25, 0.3) is 11.3 Å². The van der Waals surface area contributed by atoms with Crippen molar-refractivity contribution in [1.82, 2.24) is 9.55 Å². The summed E-state index contributed by atoms with van der Waals surface area (Å²) < 4.78 is 2.06. The van der Waals surface area contributed by atoms with E-state index in [0.29, 0.717) is 5.92 Å². The van der Waals surface area contributed by atoms with Gasteiger partial charge in [0, 0.05) is 18.6 Å². The molecule has 1 aromatic heterocycles. The summed E-state index contributed by atoms with van der Waals surface area (Å²) >= 11 is 5.96. The lowest BCUT2D eigenvalue weighted by Gasteiger charge is -2.10. The Morgan fingerprint density at radius 1 is 1.03 bits per heavy atom. The van der Waals surface area contributed by atoms with Gasteiger partial charge in [0.15, 0.2) is 0 Å². The van der Waals surface area contributed by atoms with Gasteiger partial charge >= 0.3 is 11.9 Å². The van der Waals surface area contributed by atoms with E-state index >= 15 is 0 Å². The normalized spacial score (nSPS) is 10.3. The molecule has 3 rings (SSSR count).